The lowest BCUT2D eigenvalue weighted by Crippen LogP contribution is -2.10. The van der Waals surface area contributed by atoms with Crippen LogP contribution in [-0.2, 0) is 11.3 Å². The minimum Gasteiger partial charge on any atom is -0.493 e. The van der Waals surface area contributed by atoms with Gasteiger partial charge in [0.1, 0.15) is 12.2 Å². The summed E-state index contributed by atoms with van der Waals surface area (Å²) in [7, 11) is 3.87. The van der Waals surface area contributed by atoms with E-state index in [1.54, 1.807) is 6.07 Å². The van der Waals surface area contributed by atoms with Crippen molar-refractivity contribution in [2.45, 2.75) is 6.61 Å². The number of nitrogens with zero attached hydrogens (tertiary/aromatic N) is 1. The average Bonchev–Trinajstić information content (AvgIpc) is 3.10. The molecule has 24 heavy (non-hydrogen) atoms. The number of nitro groups is 1. The van der Waals surface area contributed by atoms with E-state index in [0.717, 1.165) is 0 Å². The van der Waals surface area contributed by atoms with Gasteiger partial charge in [-0.1, -0.05) is 0 Å². The topological polar surface area (TPSA) is 110 Å². The number of carbonyl (C=O) groups is 1. The quantitative estimate of drug-likeness (QED) is 0.430. The van der Waals surface area contributed by atoms with Gasteiger partial charge in [-0.3, -0.25) is 10.1 Å². The molecule has 0 saturated heterocycles. The van der Waals surface area contributed by atoms with E-state index in [1.165, 1.54) is 39.9 Å². The van der Waals surface area contributed by atoms with Gasteiger partial charge in [-0.15, -0.1) is 0 Å². The van der Waals surface area contributed by atoms with Gasteiger partial charge in [-0.05, 0) is 6.07 Å². The molecule has 128 valence electrons. The van der Waals surface area contributed by atoms with E-state index < -0.39 is 16.6 Å². The predicted molar refractivity (Wildman–Crippen MR) is 80.6 cm³/mol. The molecule has 0 amide bonds. The van der Waals surface area contributed by atoms with E-state index in [-0.39, 0.29) is 29.4 Å². The molecular weight excluding hydrogens is 322 g/mol. The molecule has 2 aromatic rings. The highest BCUT2D eigenvalue weighted by Crippen LogP contribution is 2.46. The molecule has 1 heterocycles. The molecule has 0 bridgehead atoms. The van der Waals surface area contributed by atoms with E-state index >= 15 is 0 Å². The number of furan rings is 1. The van der Waals surface area contributed by atoms with Gasteiger partial charge in [0.2, 0.25) is 11.5 Å². The molecule has 0 unspecified atom stereocenters. The number of esters is 1. The summed E-state index contributed by atoms with van der Waals surface area (Å²) in [5.41, 5.74) is -0.260. The van der Waals surface area contributed by atoms with Crippen molar-refractivity contribution in [2.75, 3.05) is 21.3 Å². The number of rotatable bonds is 7. The first-order valence-electron chi connectivity index (χ1n) is 6.69. The molecule has 0 aliphatic rings. The number of hydrogen-bond acceptors (Lipinski definition) is 8. The van der Waals surface area contributed by atoms with Crippen LogP contribution < -0.4 is 14.2 Å². The van der Waals surface area contributed by atoms with Crippen molar-refractivity contribution < 1.29 is 33.1 Å². The minimum absolute atomic E-state index is 0.0121. The molecule has 9 heteroatoms. The first kappa shape index (κ1) is 17.1. The summed E-state index contributed by atoms with van der Waals surface area (Å²) in [5, 5.41) is 11.4. The standard InChI is InChI=1S/C15H15NO8/c1-20-11-6-10(15(17)24-8-9-4-5-23-7-9)12(16(18)19)14(22-3)13(11)21-2/h4-7H,8H2,1-3H3. The van der Waals surface area contributed by atoms with Crippen LogP contribution in [0.2, 0.25) is 0 Å². The summed E-state index contributed by atoms with van der Waals surface area (Å²) in [6.45, 7) is -0.0941. The zero-order chi connectivity index (χ0) is 17.7. The maximum Gasteiger partial charge on any atom is 0.345 e. The number of ether oxygens (including phenoxy) is 4. The Labute approximate surface area is 136 Å². The van der Waals surface area contributed by atoms with Gasteiger partial charge in [-0.2, -0.15) is 0 Å². The summed E-state index contributed by atoms with van der Waals surface area (Å²) in [4.78, 5) is 23.0. The van der Waals surface area contributed by atoms with Crippen LogP contribution in [0.25, 0.3) is 0 Å². The zero-order valence-corrected chi connectivity index (χ0v) is 13.2. The van der Waals surface area contributed by atoms with Crippen molar-refractivity contribution in [2.24, 2.45) is 0 Å². The van der Waals surface area contributed by atoms with E-state index in [1.807, 2.05) is 0 Å². The second-order valence-corrected chi connectivity index (χ2v) is 4.51. The van der Waals surface area contributed by atoms with Crippen LogP contribution >= 0.6 is 0 Å². The molecule has 0 saturated carbocycles. The Balaban J connectivity index is 2.46. The van der Waals surface area contributed by atoms with Gasteiger partial charge in [-0.25, -0.2) is 4.79 Å². The third kappa shape index (κ3) is 3.24. The van der Waals surface area contributed by atoms with E-state index in [0.29, 0.717) is 5.56 Å². The molecular formula is C15H15NO8. The van der Waals surface area contributed by atoms with Gasteiger partial charge in [0.05, 0.1) is 38.8 Å². The lowest BCUT2D eigenvalue weighted by molar-refractivity contribution is -0.386. The highest BCUT2D eigenvalue weighted by Gasteiger charge is 2.33. The molecule has 0 atom stereocenters. The summed E-state index contributed by atoms with van der Waals surface area (Å²) in [5.74, 6) is -1.01. The summed E-state index contributed by atoms with van der Waals surface area (Å²) in [6, 6.07) is 2.79. The van der Waals surface area contributed by atoms with Crippen LogP contribution in [-0.4, -0.2) is 32.2 Å². The van der Waals surface area contributed by atoms with Crippen molar-refractivity contribution in [3.63, 3.8) is 0 Å². The summed E-state index contributed by atoms with van der Waals surface area (Å²) in [6.07, 6.45) is 2.82. The maximum absolute atomic E-state index is 12.3. The predicted octanol–water partition coefficient (Wildman–Crippen LogP) is 2.57. The number of carbonyl (C=O) groups excluding carboxylic acids is 1. The van der Waals surface area contributed by atoms with Crippen LogP contribution in [0.3, 0.4) is 0 Å². The molecule has 0 N–H and O–H groups in total. The van der Waals surface area contributed by atoms with Crippen molar-refractivity contribution in [1.82, 2.24) is 0 Å². The second-order valence-electron chi connectivity index (χ2n) is 4.51. The number of methoxy groups -OCH3 is 3. The van der Waals surface area contributed by atoms with Crippen LogP contribution in [0.15, 0.2) is 29.1 Å². The fourth-order valence-corrected chi connectivity index (χ4v) is 2.08. The van der Waals surface area contributed by atoms with Crippen molar-refractivity contribution >= 4 is 11.7 Å². The molecule has 0 spiro atoms. The van der Waals surface area contributed by atoms with Crippen LogP contribution in [0.5, 0.6) is 17.2 Å². The molecule has 2 rings (SSSR count). The van der Waals surface area contributed by atoms with Crippen LogP contribution in [0.4, 0.5) is 5.69 Å². The Kier molecular flexibility index (Phi) is 5.25. The van der Waals surface area contributed by atoms with E-state index in [2.05, 4.69) is 0 Å². The first-order chi connectivity index (χ1) is 11.5. The Morgan fingerprint density at radius 1 is 1.21 bits per heavy atom. The molecule has 0 aliphatic heterocycles. The number of benzene rings is 1. The fourth-order valence-electron chi connectivity index (χ4n) is 2.08. The smallest absolute Gasteiger partial charge is 0.345 e. The monoisotopic (exact) mass is 337 g/mol. The lowest BCUT2D eigenvalue weighted by Gasteiger charge is -2.14. The Morgan fingerprint density at radius 3 is 2.42 bits per heavy atom. The van der Waals surface area contributed by atoms with E-state index in [4.69, 9.17) is 23.4 Å². The first-order valence-corrected chi connectivity index (χ1v) is 6.69. The largest absolute Gasteiger partial charge is 0.493 e. The van der Waals surface area contributed by atoms with Gasteiger partial charge >= 0.3 is 11.7 Å². The third-order valence-electron chi connectivity index (χ3n) is 3.16. The highest BCUT2D eigenvalue weighted by molar-refractivity contribution is 5.97. The third-order valence-corrected chi connectivity index (χ3v) is 3.16. The summed E-state index contributed by atoms with van der Waals surface area (Å²) < 4.78 is 25.2. The van der Waals surface area contributed by atoms with E-state index in [9.17, 15) is 14.9 Å². The minimum atomic E-state index is -0.901. The number of hydrogen-bond donors (Lipinski definition) is 0. The average molecular weight is 337 g/mol. The van der Waals surface area contributed by atoms with Gasteiger partial charge in [0.25, 0.3) is 0 Å². The van der Waals surface area contributed by atoms with Crippen LogP contribution in [0, 0.1) is 10.1 Å². The maximum atomic E-state index is 12.3. The Hall–Kier alpha value is -3.23. The Bertz CT molecular complexity index is 738. The Morgan fingerprint density at radius 2 is 1.92 bits per heavy atom. The normalized spacial score (nSPS) is 10.1. The van der Waals surface area contributed by atoms with Crippen LogP contribution in [0.1, 0.15) is 15.9 Å². The molecule has 0 fully saturated rings. The number of nitro benzene ring substituents is 1. The molecule has 1 aromatic heterocycles. The van der Waals surface area contributed by atoms with Crippen molar-refractivity contribution in [3.8, 4) is 17.2 Å². The SMILES string of the molecule is COc1cc(C(=O)OCc2ccoc2)c([N+](=O)[O-])c(OC)c1OC. The van der Waals surface area contributed by atoms with Gasteiger partial charge < -0.3 is 23.4 Å². The highest BCUT2D eigenvalue weighted by atomic mass is 16.6. The summed E-state index contributed by atoms with van der Waals surface area (Å²) >= 11 is 0. The second kappa shape index (κ2) is 7.36. The fraction of sp³-hybridized carbons (Fsp3) is 0.267. The molecule has 0 aliphatic carbocycles. The zero-order valence-electron chi connectivity index (χ0n) is 13.2. The molecule has 0 radical (unpaired) electrons. The molecule has 9 nitrogen and oxygen atoms in total. The van der Waals surface area contributed by atoms with Crippen molar-refractivity contribution in [3.05, 3.63) is 45.9 Å². The van der Waals surface area contributed by atoms with Gasteiger partial charge in [0.15, 0.2) is 5.75 Å². The van der Waals surface area contributed by atoms with Gasteiger partial charge in [0, 0.05) is 11.6 Å². The lowest BCUT2D eigenvalue weighted by atomic mass is 10.1. The van der Waals surface area contributed by atoms with Crippen molar-refractivity contribution in [1.29, 1.82) is 0 Å². The molecule has 1 aromatic carbocycles.